The topological polar surface area (TPSA) is 49.7 Å². The molecule has 1 N–H and O–H groups in total. The SMILES string of the molecule is C=C(c1c(F)cccc1Cl)N1CCCn2ncc(-c3[nH]ncc3C)c21. The molecule has 0 radical (unpaired) electrons. The van der Waals surface area contributed by atoms with Gasteiger partial charge in [0, 0.05) is 18.8 Å². The zero-order valence-corrected chi connectivity index (χ0v) is 14.5. The van der Waals surface area contributed by atoms with Crippen molar-refractivity contribution in [3.8, 4) is 11.3 Å². The fourth-order valence-electron chi connectivity index (χ4n) is 3.28. The molecule has 0 atom stereocenters. The van der Waals surface area contributed by atoms with Gasteiger partial charge in [-0.15, -0.1) is 0 Å². The monoisotopic (exact) mass is 357 g/mol. The van der Waals surface area contributed by atoms with E-state index in [-0.39, 0.29) is 5.82 Å². The van der Waals surface area contributed by atoms with Crippen molar-refractivity contribution < 1.29 is 4.39 Å². The van der Waals surface area contributed by atoms with E-state index in [4.69, 9.17) is 11.6 Å². The van der Waals surface area contributed by atoms with E-state index < -0.39 is 0 Å². The molecular formula is C18H17ClFN5. The summed E-state index contributed by atoms with van der Waals surface area (Å²) in [7, 11) is 0. The largest absolute Gasteiger partial charge is 0.326 e. The number of benzene rings is 1. The zero-order valence-electron chi connectivity index (χ0n) is 13.8. The average molecular weight is 358 g/mol. The van der Waals surface area contributed by atoms with Crippen molar-refractivity contribution in [3.05, 3.63) is 59.1 Å². The Balaban J connectivity index is 1.84. The van der Waals surface area contributed by atoms with Crippen molar-refractivity contribution in [3.63, 3.8) is 0 Å². The number of hydrogen-bond donors (Lipinski definition) is 1. The maximum absolute atomic E-state index is 14.4. The molecule has 4 rings (SSSR count). The number of aryl methyl sites for hydroxylation is 2. The van der Waals surface area contributed by atoms with E-state index in [0.29, 0.717) is 16.3 Å². The molecular weight excluding hydrogens is 341 g/mol. The van der Waals surface area contributed by atoms with Gasteiger partial charge in [0.15, 0.2) is 0 Å². The van der Waals surface area contributed by atoms with Gasteiger partial charge in [-0.1, -0.05) is 24.2 Å². The number of rotatable bonds is 3. The van der Waals surface area contributed by atoms with Crippen LogP contribution in [0.15, 0.2) is 37.2 Å². The number of aromatic nitrogens is 4. The number of halogens is 2. The third-order valence-corrected chi connectivity index (χ3v) is 4.81. The van der Waals surface area contributed by atoms with E-state index in [2.05, 4.69) is 21.9 Å². The highest BCUT2D eigenvalue weighted by atomic mass is 35.5. The molecule has 0 spiro atoms. The lowest BCUT2D eigenvalue weighted by Crippen LogP contribution is -2.31. The Morgan fingerprint density at radius 1 is 1.32 bits per heavy atom. The van der Waals surface area contributed by atoms with Crippen LogP contribution < -0.4 is 4.90 Å². The third kappa shape index (κ3) is 2.53. The summed E-state index contributed by atoms with van der Waals surface area (Å²) >= 11 is 6.24. The second kappa shape index (κ2) is 6.04. The molecule has 3 aromatic rings. The molecule has 0 bridgehead atoms. The van der Waals surface area contributed by atoms with Crippen molar-refractivity contribution in [2.75, 3.05) is 11.4 Å². The van der Waals surface area contributed by atoms with Crippen LogP contribution in [0.5, 0.6) is 0 Å². The molecule has 1 aliphatic heterocycles. The highest BCUT2D eigenvalue weighted by Gasteiger charge is 2.28. The average Bonchev–Trinajstić information content (AvgIpc) is 3.20. The molecule has 0 unspecified atom stereocenters. The number of hydrogen-bond acceptors (Lipinski definition) is 3. The summed E-state index contributed by atoms with van der Waals surface area (Å²) in [6, 6.07) is 4.66. The minimum atomic E-state index is -0.381. The first kappa shape index (κ1) is 15.9. The smallest absolute Gasteiger partial charge is 0.140 e. The maximum atomic E-state index is 14.4. The molecule has 5 nitrogen and oxygen atoms in total. The quantitative estimate of drug-likeness (QED) is 0.762. The Labute approximate surface area is 149 Å². The summed E-state index contributed by atoms with van der Waals surface area (Å²) in [6.07, 6.45) is 4.47. The van der Waals surface area contributed by atoms with Crippen LogP contribution in [0.4, 0.5) is 10.2 Å². The second-order valence-corrected chi connectivity index (χ2v) is 6.49. The van der Waals surface area contributed by atoms with Gasteiger partial charge < -0.3 is 4.90 Å². The standard InChI is InChI=1S/C18H17ClFN5/c1-11-9-21-23-17(11)13-10-22-25-8-4-7-24(18(13)25)12(2)16-14(19)5-3-6-15(16)20/h3,5-6,9-10H,2,4,7-8H2,1H3,(H,21,23). The Kier molecular flexibility index (Phi) is 3.84. The van der Waals surface area contributed by atoms with Crippen LogP contribution in [0, 0.1) is 12.7 Å². The summed E-state index contributed by atoms with van der Waals surface area (Å²) < 4.78 is 16.3. The van der Waals surface area contributed by atoms with Gasteiger partial charge in [0.05, 0.1) is 34.2 Å². The van der Waals surface area contributed by atoms with Gasteiger partial charge in [0.2, 0.25) is 0 Å². The van der Waals surface area contributed by atoms with Crippen LogP contribution in [-0.4, -0.2) is 26.5 Å². The lowest BCUT2D eigenvalue weighted by molar-refractivity contribution is 0.542. The van der Waals surface area contributed by atoms with Crippen molar-refractivity contribution in [1.82, 2.24) is 20.0 Å². The summed E-state index contributed by atoms with van der Waals surface area (Å²) in [5, 5.41) is 12.0. The van der Waals surface area contributed by atoms with Gasteiger partial charge in [-0.3, -0.25) is 5.10 Å². The highest BCUT2D eigenvalue weighted by molar-refractivity contribution is 6.32. The fourth-order valence-corrected chi connectivity index (χ4v) is 3.55. The van der Waals surface area contributed by atoms with Crippen molar-refractivity contribution in [2.45, 2.75) is 19.9 Å². The lowest BCUT2D eigenvalue weighted by Gasteiger charge is -2.32. The Morgan fingerprint density at radius 2 is 2.16 bits per heavy atom. The number of aromatic amines is 1. The van der Waals surface area contributed by atoms with E-state index in [1.54, 1.807) is 18.3 Å². The normalized spacial score (nSPS) is 13.8. The third-order valence-electron chi connectivity index (χ3n) is 4.49. The van der Waals surface area contributed by atoms with Gasteiger partial charge in [-0.25, -0.2) is 9.07 Å². The molecule has 25 heavy (non-hydrogen) atoms. The molecule has 0 saturated heterocycles. The summed E-state index contributed by atoms with van der Waals surface area (Å²) in [6.45, 7) is 7.63. The Bertz CT molecular complexity index is 938. The fraction of sp³-hybridized carbons (Fsp3) is 0.222. The molecule has 0 saturated carbocycles. The minimum Gasteiger partial charge on any atom is -0.326 e. The van der Waals surface area contributed by atoms with Crippen LogP contribution in [-0.2, 0) is 6.54 Å². The zero-order chi connectivity index (χ0) is 17.6. The van der Waals surface area contributed by atoms with Crippen LogP contribution >= 0.6 is 11.6 Å². The number of fused-ring (bicyclic) bond motifs is 1. The van der Waals surface area contributed by atoms with E-state index in [9.17, 15) is 4.39 Å². The van der Waals surface area contributed by atoms with Gasteiger partial charge in [-0.05, 0) is 31.0 Å². The van der Waals surface area contributed by atoms with Gasteiger partial charge >= 0.3 is 0 Å². The van der Waals surface area contributed by atoms with Crippen LogP contribution in [0.3, 0.4) is 0 Å². The summed E-state index contributed by atoms with van der Waals surface area (Å²) in [5.41, 5.74) is 3.70. The van der Waals surface area contributed by atoms with Crippen LogP contribution in [0.2, 0.25) is 5.02 Å². The van der Waals surface area contributed by atoms with Gasteiger partial charge in [0.1, 0.15) is 11.6 Å². The first-order valence-electron chi connectivity index (χ1n) is 8.05. The molecule has 128 valence electrons. The molecule has 1 aromatic carbocycles. The molecule has 3 heterocycles. The number of anilines is 1. The molecule has 7 heteroatoms. The first-order chi connectivity index (χ1) is 12.1. The van der Waals surface area contributed by atoms with Crippen molar-refractivity contribution >= 4 is 23.1 Å². The van der Waals surface area contributed by atoms with E-state index in [0.717, 1.165) is 42.1 Å². The molecule has 0 amide bonds. The second-order valence-electron chi connectivity index (χ2n) is 6.08. The maximum Gasteiger partial charge on any atom is 0.140 e. The van der Waals surface area contributed by atoms with Gasteiger partial charge in [-0.2, -0.15) is 10.2 Å². The highest BCUT2D eigenvalue weighted by Crippen LogP contribution is 2.39. The molecule has 0 aliphatic carbocycles. The number of nitrogens with zero attached hydrogens (tertiary/aromatic N) is 4. The van der Waals surface area contributed by atoms with Gasteiger partial charge in [0.25, 0.3) is 0 Å². The summed E-state index contributed by atoms with van der Waals surface area (Å²) in [4.78, 5) is 1.98. The van der Waals surface area contributed by atoms with E-state index in [1.165, 1.54) is 6.07 Å². The Hall–Kier alpha value is -2.60. The van der Waals surface area contributed by atoms with Crippen LogP contribution in [0.1, 0.15) is 17.5 Å². The van der Waals surface area contributed by atoms with E-state index in [1.807, 2.05) is 22.7 Å². The lowest BCUT2D eigenvalue weighted by atomic mass is 10.1. The predicted molar refractivity (Wildman–Crippen MR) is 97.0 cm³/mol. The number of nitrogens with one attached hydrogen (secondary N) is 1. The van der Waals surface area contributed by atoms with Crippen molar-refractivity contribution in [2.24, 2.45) is 0 Å². The van der Waals surface area contributed by atoms with Crippen LogP contribution in [0.25, 0.3) is 17.0 Å². The number of H-pyrrole nitrogens is 1. The van der Waals surface area contributed by atoms with E-state index >= 15 is 0 Å². The Morgan fingerprint density at radius 3 is 2.88 bits per heavy atom. The molecule has 2 aromatic heterocycles. The molecule has 1 aliphatic rings. The molecule has 0 fully saturated rings. The predicted octanol–water partition coefficient (Wildman–Crippen LogP) is 4.26. The summed E-state index contributed by atoms with van der Waals surface area (Å²) in [5.74, 6) is 0.497. The first-order valence-corrected chi connectivity index (χ1v) is 8.42. The minimum absolute atomic E-state index is 0.325. The van der Waals surface area contributed by atoms with Crippen molar-refractivity contribution in [1.29, 1.82) is 0 Å².